The third-order valence-corrected chi connectivity index (χ3v) is 4.75. The zero-order chi connectivity index (χ0) is 17.6. The number of hydrogen-bond acceptors (Lipinski definition) is 4. The number of carbonyl (C=O) groups excluding carboxylic acids is 1. The molecule has 1 unspecified atom stereocenters. The van der Waals surface area contributed by atoms with Crippen LogP contribution in [0.3, 0.4) is 0 Å². The maximum atomic E-state index is 12.1. The van der Waals surface area contributed by atoms with Gasteiger partial charge in [-0.15, -0.1) is 0 Å². The molecule has 3 rings (SSSR count). The second kappa shape index (κ2) is 8.32. The minimum absolute atomic E-state index is 0.0855. The highest BCUT2D eigenvalue weighted by molar-refractivity contribution is 6.30. The predicted octanol–water partition coefficient (Wildman–Crippen LogP) is 3.08. The molecule has 2 N–H and O–H groups in total. The Kier molecular flexibility index (Phi) is 5.89. The van der Waals surface area contributed by atoms with E-state index in [1.807, 2.05) is 6.07 Å². The molecule has 1 aliphatic rings. The Bertz CT molecular complexity index is 724. The van der Waals surface area contributed by atoms with Crippen LogP contribution < -0.4 is 5.32 Å². The molecule has 1 saturated heterocycles. The van der Waals surface area contributed by atoms with Gasteiger partial charge in [0.15, 0.2) is 0 Å². The Morgan fingerprint density at radius 2 is 2.28 bits per heavy atom. The summed E-state index contributed by atoms with van der Waals surface area (Å²) in [6, 6.07) is 8.65. The maximum Gasteiger partial charge on any atom is 0.252 e. The Labute approximate surface area is 152 Å². The van der Waals surface area contributed by atoms with Crippen molar-refractivity contribution in [1.82, 2.24) is 15.2 Å². The van der Waals surface area contributed by atoms with Crippen LogP contribution in [0.5, 0.6) is 5.75 Å². The molecule has 6 heteroatoms. The van der Waals surface area contributed by atoms with Gasteiger partial charge in [-0.3, -0.25) is 14.7 Å². The number of hydrogen-bond donors (Lipinski definition) is 2. The van der Waals surface area contributed by atoms with Crippen LogP contribution >= 0.6 is 11.6 Å². The fourth-order valence-electron chi connectivity index (χ4n) is 3.22. The first-order valence-electron chi connectivity index (χ1n) is 8.50. The molecule has 1 aromatic carbocycles. The number of piperidine rings is 1. The number of halogens is 1. The number of likely N-dealkylation sites (tertiary alicyclic amines) is 1. The molecule has 2 aromatic rings. The Hall–Kier alpha value is -2.11. The maximum absolute atomic E-state index is 12.1. The van der Waals surface area contributed by atoms with Gasteiger partial charge in [0, 0.05) is 42.6 Å². The summed E-state index contributed by atoms with van der Waals surface area (Å²) in [5, 5.41) is 13.6. The lowest BCUT2D eigenvalue weighted by Gasteiger charge is -2.33. The van der Waals surface area contributed by atoms with Gasteiger partial charge < -0.3 is 10.4 Å². The molecular weight excluding hydrogens is 338 g/mol. The third-order valence-electron chi connectivity index (χ3n) is 4.51. The van der Waals surface area contributed by atoms with Crippen molar-refractivity contribution in [2.45, 2.75) is 19.4 Å². The number of carbonyl (C=O) groups is 1. The van der Waals surface area contributed by atoms with Gasteiger partial charge in [-0.2, -0.15) is 0 Å². The van der Waals surface area contributed by atoms with Crippen LogP contribution in [0.4, 0.5) is 0 Å². The Balaban J connectivity index is 1.53. The zero-order valence-corrected chi connectivity index (χ0v) is 14.7. The van der Waals surface area contributed by atoms with E-state index < -0.39 is 0 Å². The third kappa shape index (κ3) is 4.94. The summed E-state index contributed by atoms with van der Waals surface area (Å²) in [6.45, 7) is 3.18. The highest BCUT2D eigenvalue weighted by Crippen LogP contribution is 2.25. The van der Waals surface area contributed by atoms with Gasteiger partial charge in [0.05, 0.1) is 5.56 Å². The van der Waals surface area contributed by atoms with Crippen molar-refractivity contribution in [2.24, 2.45) is 5.92 Å². The van der Waals surface area contributed by atoms with E-state index >= 15 is 0 Å². The standard InChI is InChI=1S/C19H22ClN3O2/c20-17-5-6-18(24)16(9-17)13-23-8-2-3-14(12-23)10-22-19(25)15-4-1-7-21-11-15/h1,4-7,9,11,14,24H,2-3,8,10,12-13H2,(H,22,25). The van der Waals surface area contributed by atoms with Gasteiger partial charge in [0.25, 0.3) is 5.91 Å². The lowest BCUT2D eigenvalue weighted by Crippen LogP contribution is -2.40. The molecule has 132 valence electrons. The van der Waals surface area contributed by atoms with Gasteiger partial charge in [0.1, 0.15) is 5.75 Å². The smallest absolute Gasteiger partial charge is 0.252 e. The SMILES string of the molecule is O=C(NCC1CCCN(Cc2cc(Cl)ccc2O)C1)c1cccnc1. The molecule has 1 aromatic heterocycles. The van der Waals surface area contributed by atoms with Crippen LogP contribution in [0.1, 0.15) is 28.8 Å². The largest absolute Gasteiger partial charge is 0.508 e. The van der Waals surface area contributed by atoms with E-state index in [0.717, 1.165) is 31.5 Å². The van der Waals surface area contributed by atoms with Crippen molar-refractivity contribution in [3.63, 3.8) is 0 Å². The molecule has 5 nitrogen and oxygen atoms in total. The van der Waals surface area contributed by atoms with E-state index in [2.05, 4.69) is 15.2 Å². The molecule has 1 fully saturated rings. The Morgan fingerprint density at radius 1 is 1.40 bits per heavy atom. The van der Waals surface area contributed by atoms with Crippen LogP contribution in [0, 0.1) is 5.92 Å². The molecule has 0 radical (unpaired) electrons. The van der Waals surface area contributed by atoms with Crippen molar-refractivity contribution in [1.29, 1.82) is 0 Å². The summed E-state index contributed by atoms with van der Waals surface area (Å²) in [5.41, 5.74) is 1.42. The molecule has 0 bridgehead atoms. The van der Waals surface area contributed by atoms with Crippen molar-refractivity contribution in [3.05, 3.63) is 58.9 Å². The van der Waals surface area contributed by atoms with Crippen molar-refractivity contribution < 1.29 is 9.90 Å². The highest BCUT2D eigenvalue weighted by Gasteiger charge is 2.21. The molecule has 1 aliphatic heterocycles. The second-order valence-corrected chi connectivity index (χ2v) is 6.90. The zero-order valence-electron chi connectivity index (χ0n) is 14.0. The van der Waals surface area contributed by atoms with Crippen molar-refractivity contribution in [2.75, 3.05) is 19.6 Å². The van der Waals surface area contributed by atoms with Gasteiger partial charge >= 0.3 is 0 Å². The van der Waals surface area contributed by atoms with Crippen LogP contribution in [0.15, 0.2) is 42.7 Å². The summed E-state index contributed by atoms with van der Waals surface area (Å²) in [4.78, 5) is 18.4. The monoisotopic (exact) mass is 359 g/mol. The number of phenolic OH excluding ortho intramolecular Hbond substituents is 1. The molecule has 0 saturated carbocycles. The average molecular weight is 360 g/mol. The van der Waals surface area contributed by atoms with E-state index in [4.69, 9.17) is 11.6 Å². The van der Waals surface area contributed by atoms with E-state index in [0.29, 0.717) is 29.6 Å². The van der Waals surface area contributed by atoms with Crippen LogP contribution in [-0.4, -0.2) is 40.5 Å². The van der Waals surface area contributed by atoms with E-state index in [1.54, 1.807) is 36.7 Å². The number of nitrogens with one attached hydrogen (secondary N) is 1. The lowest BCUT2D eigenvalue weighted by atomic mass is 9.97. The van der Waals surface area contributed by atoms with Gasteiger partial charge in [-0.05, 0) is 55.6 Å². The summed E-state index contributed by atoms with van der Waals surface area (Å²) < 4.78 is 0. The number of aromatic nitrogens is 1. The molecular formula is C19H22ClN3O2. The summed E-state index contributed by atoms with van der Waals surface area (Å²) >= 11 is 6.02. The molecule has 2 heterocycles. The normalized spacial score (nSPS) is 18.0. The number of rotatable bonds is 5. The molecule has 0 aliphatic carbocycles. The number of phenols is 1. The second-order valence-electron chi connectivity index (χ2n) is 6.47. The fourth-order valence-corrected chi connectivity index (χ4v) is 3.41. The quantitative estimate of drug-likeness (QED) is 0.861. The predicted molar refractivity (Wildman–Crippen MR) is 97.7 cm³/mol. The van der Waals surface area contributed by atoms with Crippen LogP contribution in [-0.2, 0) is 6.54 Å². The first kappa shape index (κ1) is 17.7. The fraction of sp³-hybridized carbons (Fsp3) is 0.368. The molecule has 1 amide bonds. The van der Waals surface area contributed by atoms with Crippen molar-refractivity contribution >= 4 is 17.5 Å². The Morgan fingerprint density at radius 3 is 3.08 bits per heavy atom. The number of amides is 1. The lowest BCUT2D eigenvalue weighted by molar-refractivity contribution is 0.0930. The number of pyridine rings is 1. The van der Waals surface area contributed by atoms with Gasteiger partial charge in [-0.25, -0.2) is 0 Å². The molecule has 25 heavy (non-hydrogen) atoms. The summed E-state index contributed by atoms with van der Waals surface area (Å²) in [7, 11) is 0. The van der Waals surface area contributed by atoms with Gasteiger partial charge in [0.2, 0.25) is 0 Å². The van der Waals surface area contributed by atoms with Gasteiger partial charge in [-0.1, -0.05) is 11.6 Å². The number of benzene rings is 1. The highest BCUT2D eigenvalue weighted by atomic mass is 35.5. The van der Waals surface area contributed by atoms with E-state index in [9.17, 15) is 9.90 Å². The van der Waals surface area contributed by atoms with Crippen LogP contribution in [0.2, 0.25) is 5.02 Å². The molecule has 0 spiro atoms. The van der Waals surface area contributed by atoms with Crippen LogP contribution in [0.25, 0.3) is 0 Å². The number of nitrogens with zero attached hydrogens (tertiary/aromatic N) is 2. The minimum Gasteiger partial charge on any atom is -0.508 e. The number of aromatic hydroxyl groups is 1. The van der Waals surface area contributed by atoms with Crippen molar-refractivity contribution in [3.8, 4) is 5.75 Å². The summed E-state index contributed by atoms with van der Waals surface area (Å²) in [6.07, 6.45) is 5.39. The minimum atomic E-state index is -0.0855. The first-order chi connectivity index (χ1) is 12.1. The topological polar surface area (TPSA) is 65.5 Å². The molecule has 1 atom stereocenters. The van der Waals surface area contributed by atoms with E-state index in [1.165, 1.54) is 0 Å². The van der Waals surface area contributed by atoms with E-state index in [-0.39, 0.29) is 11.7 Å². The first-order valence-corrected chi connectivity index (χ1v) is 8.87. The average Bonchev–Trinajstić information content (AvgIpc) is 2.64. The summed E-state index contributed by atoms with van der Waals surface area (Å²) in [5.74, 6) is 0.588.